The summed E-state index contributed by atoms with van der Waals surface area (Å²) in [5.74, 6) is 0.246. The highest BCUT2D eigenvalue weighted by molar-refractivity contribution is 5.80. The zero-order chi connectivity index (χ0) is 13.4. The van der Waals surface area contributed by atoms with Crippen molar-refractivity contribution in [2.75, 3.05) is 5.73 Å². The first-order valence-electron chi connectivity index (χ1n) is 5.78. The lowest BCUT2D eigenvalue weighted by Crippen LogP contribution is -2.00. The van der Waals surface area contributed by atoms with E-state index in [2.05, 4.69) is 4.98 Å². The van der Waals surface area contributed by atoms with E-state index < -0.39 is 6.55 Å². The number of nitrogens with two attached hydrogens (primary N) is 1. The number of benzene rings is 2. The number of aromatic nitrogens is 2. The molecule has 96 valence electrons. The van der Waals surface area contributed by atoms with E-state index in [1.54, 1.807) is 48.5 Å². The maximum atomic E-state index is 13.3. The summed E-state index contributed by atoms with van der Waals surface area (Å²) < 4.78 is 27.4. The molecule has 3 aromatic rings. The van der Waals surface area contributed by atoms with Crippen molar-refractivity contribution in [1.82, 2.24) is 9.55 Å². The second kappa shape index (κ2) is 4.35. The molecule has 0 aliphatic heterocycles. The standard InChI is InChI=1S/C14H11F2N3/c15-14(16)19-12-4-2-1-3-11(12)18-13(19)9-5-7-10(17)8-6-9/h1-8,14H,17H2. The van der Waals surface area contributed by atoms with E-state index in [0.717, 1.165) is 4.57 Å². The van der Waals surface area contributed by atoms with E-state index in [-0.39, 0.29) is 5.82 Å². The minimum Gasteiger partial charge on any atom is -0.399 e. The van der Waals surface area contributed by atoms with E-state index in [1.807, 2.05) is 0 Å². The third-order valence-electron chi connectivity index (χ3n) is 2.96. The van der Waals surface area contributed by atoms with Crippen LogP contribution in [0.15, 0.2) is 48.5 Å². The van der Waals surface area contributed by atoms with Gasteiger partial charge >= 0.3 is 6.55 Å². The molecule has 2 aromatic carbocycles. The predicted molar refractivity (Wildman–Crippen MR) is 70.8 cm³/mol. The maximum Gasteiger partial charge on any atom is 0.320 e. The Labute approximate surface area is 108 Å². The number of fused-ring (bicyclic) bond motifs is 1. The summed E-state index contributed by atoms with van der Waals surface area (Å²) in [6.45, 7) is -2.64. The Hall–Kier alpha value is -2.43. The van der Waals surface area contributed by atoms with E-state index in [9.17, 15) is 8.78 Å². The van der Waals surface area contributed by atoms with E-state index in [0.29, 0.717) is 22.3 Å². The van der Waals surface area contributed by atoms with Gasteiger partial charge in [0.25, 0.3) is 0 Å². The van der Waals surface area contributed by atoms with Crippen LogP contribution in [-0.2, 0) is 0 Å². The van der Waals surface area contributed by atoms with E-state index >= 15 is 0 Å². The van der Waals surface area contributed by atoms with Crippen LogP contribution in [0.1, 0.15) is 6.55 Å². The Bertz CT molecular complexity index is 717. The van der Waals surface area contributed by atoms with Crippen molar-refractivity contribution in [3.05, 3.63) is 48.5 Å². The molecule has 0 saturated heterocycles. The summed E-state index contributed by atoms with van der Waals surface area (Å²) in [7, 11) is 0. The first kappa shape index (κ1) is 11.6. The smallest absolute Gasteiger partial charge is 0.320 e. The van der Waals surface area contributed by atoms with Crippen molar-refractivity contribution in [2.24, 2.45) is 0 Å². The van der Waals surface area contributed by atoms with Gasteiger partial charge in [-0.15, -0.1) is 0 Å². The van der Waals surface area contributed by atoms with Crippen LogP contribution in [0.3, 0.4) is 0 Å². The molecule has 0 radical (unpaired) electrons. The van der Waals surface area contributed by atoms with Crippen LogP contribution in [0.4, 0.5) is 14.5 Å². The van der Waals surface area contributed by atoms with Gasteiger partial charge in [0, 0.05) is 11.3 Å². The second-order valence-corrected chi connectivity index (χ2v) is 4.19. The van der Waals surface area contributed by atoms with Gasteiger partial charge in [0.05, 0.1) is 11.0 Å². The van der Waals surface area contributed by atoms with E-state index in [1.165, 1.54) is 0 Å². The van der Waals surface area contributed by atoms with Gasteiger partial charge in [0.15, 0.2) is 0 Å². The number of nitrogens with zero attached hydrogens (tertiary/aromatic N) is 2. The molecule has 0 aliphatic rings. The zero-order valence-corrected chi connectivity index (χ0v) is 9.92. The van der Waals surface area contributed by atoms with Crippen LogP contribution in [0, 0.1) is 0 Å². The highest BCUT2D eigenvalue weighted by Crippen LogP contribution is 2.29. The molecule has 0 spiro atoms. The molecular formula is C14H11F2N3. The Morgan fingerprint density at radius 1 is 1.00 bits per heavy atom. The van der Waals surface area contributed by atoms with Gasteiger partial charge in [0.2, 0.25) is 0 Å². The number of rotatable bonds is 2. The monoisotopic (exact) mass is 259 g/mol. The van der Waals surface area contributed by atoms with Crippen LogP contribution in [-0.4, -0.2) is 9.55 Å². The fraction of sp³-hybridized carbons (Fsp3) is 0.0714. The molecule has 19 heavy (non-hydrogen) atoms. The summed E-state index contributed by atoms with van der Waals surface area (Å²) in [5, 5.41) is 0. The van der Waals surface area contributed by atoms with Gasteiger partial charge in [-0.2, -0.15) is 8.78 Å². The predicted octanol–water partition coefficient (Wildman–Crippen LogP) is 3.68. The first-order chi connectivity index (χ1) is 9.16. The van der Waals surface area contributed by atoms with Gasteiger partial charge in [-0.25, -0.2) is 4.98 Å². The molecule has 3 nitrogen and oxygen atoms in total. The lowest BCUT2D eigenvalue weighted by molar-refractivity contribution is 0.0764. The molecule has 1 heterocycles. The van der Waals surface area contributed by atoms with Crippen LogP contribution < -0.4 is 5.73 Å². The number of nitrogen functional groups attached to an aromatic ring is 1. The molecule has 0 bridgehead atoms. The molecule has 2 N–H and O–H groups in total. The van der Waals surface area contributed by atoms with Gasteiger partial charge in [-0.05, 0) is 36.4 Å². The number of halogens is 2. The third-order valence-corrected chi connectivity index (χ3v) is 2.96. The van der Waals surface area contributed by atoms with Crippen LogP contribution in [0.5, 0.6) is 0 Å². The Kier molecular flexibility index (Phi) is 2.67. The second-order valence-electron chi connectivity index (χ2n) is 4.19. The Morgan fingerprint density at radius 2 is 1.68 bits per heavy atom. The Balaban J connectivity index is 2.28. The SMILES string of the molecule is Nc1ccc(-c2nc3ccccc3n2C(F)F)cc1. The normalized spacial score (nSPS) is 11.3. The molecule has 1 aromatic heterocycles. The molecule has 3 rings (SSSR count). The number of alkyl halides is 2. The maximum absolute atomic E-state index is 13.3. The number of anilines is 1. The van der Waals surface area contributed by atoms with Crippen LogP contribution in [0.2, 0.25) is 0 Å². The van der Waals surface area contributed by atoms with Crippen molar-refractivity contribution in [1.29, 1.82) is 0 Å². The quantitative estimate of drug-likeness (QED) is 0.713. The summed E-state index contributed by atoms with van der Waals surface area (Å²) in [6, 6.07) is 13.6. The van der Waals surface area contributed by atoms with Crippen molar-refractivity contribution >= 4 is 16.7 Å². The summed E-state index contributed by atoms with van der Waals surface area (Å²) in [5.41, 5.74) is 7.78. The molecule has 5 heteroatoms. The average Bonchev–Trinajstić information content (AvgIpc) is 2.78. The highest BCUT2D eigenvalue weighted by atomic mass is 19.3. The number of hydrogen-bond acceptors (Lipinski definition) is 2. The molecule has 0 aliphatic carbocycles. The molecule has 0 amide bonds. The molecule has 0 saturated carbocycles. The fourth-order valence-electron chi connectivity index (χ4n) is 2.08. The van der Waals surface area contributed by atoms with Crippen molar-refractivity contribution in [3.8, 4) is 11.4 Å². The van der Waals surface area contributed by atoms with Gasteiger partial charge in [-0.3, -0.25) is 4.57 Å². The summed E-state index contributed by atoms with van der Waals surface area (Å²) in [4.78, 5) is 4.28. The van der Waals surface area contributed by atoms with Crippen LogP contribution >= 0.6 is 0 Å². The number of para-hydroxylation sites is 2. The van der Waals surface area contributed by atoms with Crippen molar-refractivity contribution in [3.63, 3.8) is 0 Å². The lowest BCUT2D eigenvalue weighted by Gasteiger charge is -2.07. The molecule has 0 unspecified atom stereocenters. The Morgan fingerprint density at radius 3 is 2.37 bits per heavy atom. The van der Waals surface area contributed by atoms with E-state index in [4.69, 9.17) is 5.73 Å². The lowest BCUT2D eigenvalue weighted by atomic mass is 10.2. The molecule has 0 atom stereocenters. The minimum atomic E-state index is -2.64. The largest absolute Gasteiger partial charge is 0.399 e. The molecular weight excluding hydrogens is 248 g/mol. The number of imidazole rings is 1. The van der Waals surface area contributed by atoms with Gasteiger partial charge in [0.1, 0.15) is 5.82 Å². The highest BCUT2D eigenvalue weighted by Gasteiger charge is 2.18. The van der Waals surface area contributed by atoms with Crippen molar-refractivity contribution in [2.45, 2.75) is 6.55 Å². The topological polar surface area (TPSA) is 43.8 Å². The van der Waals surface area contributed by atoms with Crippen LogP contribution in [0.25, 0.3) is 22.4 Å². The van der Waals surface area contributed by atoms with Gasteiger partial charge < -0.3 is 5.73 Å². The minimum absolute atomic E-state index is 0.246. The molecule has 0 fully saturated rings. The first-order valence-corrected chi connectivity index (χ1v) is 5.78. The summed E-state index contributed by atoms with van der Waals surface area (Å²) >= 11 is 0. The zero-order valence-electron chi connectivity index (χ0n) is 9.92. The fourth-order valence-corrected chi connectivity index (χ4v) is 2.08. The van der Waals surface area contributed by atoms with Crippen molar-refractivity contribution < 1.29 is 8.78 Å². The summed E-state index contributed by atoms with van der Waals surface area (Å²) in [6.07, 6.45) is 0. The van der Waals surface area contributed by atoms with Gasteiger partial charge in [-0.1, -0.05) is 12.1 Å². The number of hydrogen-bond donors (Lipinski definition) is 1. The average molecular weight is 259 g/mol. The third kappa shape index (κ3) is 1.93.